The fraction of sp³-hybridized carbons (Fsp3) is 0.143. The minimum atomic E-state index is -3.44. The monoisotopic (exact) mass is 258 g/mol. The Morgan fingerprint density at radius 3 is 2.67 bits per heavy atom. The fourth-order valence-corrected chi connectivity index (χ4v) is 3.73. The van der Waals surface area contributed by atoms with Crippen molar-refractivity contribution in [3.8, 4) is 0 Å². The molecule has 1 aliphatic rings. The summed E-state index contributed by atoms with van der Waals surface area (Å²) in [5, 5.41) is 0. The molecular weight excluding hydrogens is 246 g/mol. The topological polar surface area (TPSA) is 37.4 Å². The van der Waals surface area contributed by atoms with Crippen molar-refractivity contribution in [3.63, 3.8) is 0 Å². The first-order chi connectivity index (χ1) is 8.69. The number of anilines is 1. The smallest absolute Gasteiger partial charge is 0.264 e. The summed E-state index contributed by atoms with van der Waals surface area (Å²) < 4.78 is 26.5. The van der Waals surface area contributed by atoms with E-state index in [2.05, 4.69) is 6.07 Å². The molecule has 3 nitrogen and oxygen atoms in total. The maximum atomic E-state index is 12.5. The zero-order valence-electron chi connectivity index (χ0n) is 9.70. The summed E-state index contributed by atoms with van der Waals surface area (Å²) in [5.74, 6) is 0. The van der Waals surface area contributed by atoms with Gasteiger partial charge in [0.1, 0.15) is 0 Å². The Morgan fingerprint density at radius 2 is 1.89 bits per heavy atom. The molecule has 0 aliphatic carbocycles. The molecule has 0 fully saturated rings. The molecule has 18 heavy (non-hydrogen) atoms. The van der Waals surface area contributed by atoms with E-state index < -0.39 is 10.0 Å². The van der Waals surface area contributed by atoms with Crippen LogP contribution >= 0.6 is 0 Å². The van der Waals surface area contributed by atoms with E-state index in [0.717, 1.165) is 17.7 Å². The SMILES string of the molecule is O=S(=O)(c1ccccc1)N1CCc2cc[c]cc21. The second-order valence-electron chi connectivity index (χ2n) is 4.20. The van der Waals surface area contributed by atoms with Crippen LogP contribution in [0.4, 0.5) is 5.69 Å². The zero-order chi connectivity index (χ0) is 12.6. The Morgan fingerprint density at radius 1 is 1.11 bits per heavy atom. The molecule has 0 saturated carbocycles. The molecule has 2 aromatic carbocycles. The van der Waals surface area contributed by atoms with Crippen LogP contribution in [0.5, 0.6) is 0 Å². The maximum absolute atomic E-state index is 12.5. The van der Waals surface area contributed by atoms with E-state index in [9.17, 15) is 8.42 Å². The van der Waals surface area contributed by atoms with Gasteiger partial charge in [0.25, 0.3) is 10.0 Å². The van der Waals surface area contributed by atoms with Gasteiger partial charge in [0.05, 0.1) is 10.6 Å². The predicted molar refractivity (Wildman–Crippen MR) is 70.0 cm³/mol. The molecule has 1 aliphatic heterocycles. The van der Waals surface area contributed by atoms with Crippen molar-refractivity contribution in [2.45, 2.75) is 11.3 Å². The van der Waals surface area contributed by atoms with Gasteiger partial charge >= 0.3 is 0 Å². The van der Waals surface area contributed by atoms with Crippen LogP contribution in [0.1, 0.15) is 5.56 Å². The first-order valence-corrected chi connectivity index (χ1v) is 7.20. The van der Waals surface area contributed by atoms with E-state index in [4.69, 9.17) is 0 Å². The Hall–Kier alpha value is -1.81. The number of sulfonamides is 1. The van der Waals surface area contributed by atoms with Crippen molar-refractivity contribution >= 4 is 15.7 Å². The first kappa shape index (κ1) is 11.3. The van der Waals surface area contributed by atoms with E-state index >= 15 is 0 Å². The van der Waals surface area contributed by atoms with Crippen molar-refractivity contribution in [2.24, 2.45) is 0 Å². The summed E-state index contributed by atoms with van der Waals surface area (Å²) in [6.45, 7) is 0.504. The molecular formula is C14H12NO2S. The Kier molecular flexibility index (Phi) is 2.59. The molecule has 0 saturated heterocycles. The van der Waals surface area contributed by atoms with Crippen molar-refractivity contribution < 1.29 is 8.42 Å². The second-order valence-corrected chi connectivity index (χ2v) is 6.06. The summed E-state index contributed by atoms with van der Waals surface area (Å²) in [5.41, 5.74) is 1.81. The third-order valence-electron chi connectivity index (χ3n) is 3.11. The average molecular weight is 258 g/mol. The van der Waals surface area contributed by atoms with Crippen LogP contribution in [0.2, 0.25) is 0 Å². The lowest BCUT2D eigenvalue weighted by molar-refractivity contribution is 0.592. The lowest BCUT2D eigenvalue weighted by Crippen LogP contribution is -2.28. The Balaban J connectivity index is 2.08. The van der Waals surface area contributed by atoms with Crippen LogP contribution in [0.15, 0.2) is 53.4 Å². The van der Waals surface area contributed by atoms with Gasteiger partial charge in [0, 0.05) is 6.54 Å². The first-order valence-electron chi connectivity index (χ1n) is 5.76. The zero-order valence-corrected chi connectivity index (χ0v) is 10.5. The van der Waals surface area contributed by atoms with Crippen LogP contribution in [0.25, 0.3) is 0 Å². The van der Waals surface area contributed by atoms with Gasteiger partial charge in [-0.1, -0.05) is 30.3 Å². The van der Waals surface area contributed by atoms with Crippen molar-refractivity contribution in [2.75, 3.05) is 10.8 Å². The molecule has 0 unspecified atom stereocenters. The molecule has 0 spiro atoms. The lowest BCUT2D eigenvalue weighted by Gasteiger charge is -2.19. The molecule has 3 rings (SSSR count). The molecule has 2 aromatic rings. The highest BCUT2D eigenvalue weighted by Gasteiger charge is 2.30. The molecule has 0 atom stereocenters. The summed E-state index contributed by atoms with van der Waals surface area (Å²) in [6.07, 6.45) is 0.760. The van der Waals surface area contributed by atoms with Crippen LogP contribution in [-0.4, -0.2) is 15.0 Å². The van der Waals surface area contributed by atoms with Crippen LogP contribution < -0.4 is 4.31 Å². The number of benzene rings is 2. The number of rotatable bonds is 2. The Labute approximate surface area is 107 Å². The maximum Gasteiger partial charge on any atom is 0.264 e. The van der Waals surface area contributed by atoms with E-state index in [0.29, 0.717) is 11.4 Å². The van der Waals surface area contributed by atoms with Crippen molar-refractivity contribution in [3.05, 3.63) is 60.2 Å². The molecule has 4 heteroatoms. The van der Waals surface area contributed by atoms with Gasteiger partial charge in [-0.05, 0) is 36.2 Å². The van der Waals surface area contributed by atoms with Crippen LogP contribution in [0.3, 0.4) is 0 Å². The third-order valence-corrected chi connectivity index (χ3v) is 4.94. The van der Waals surface area contributed by atoms with Gasteiger partial charge in [0.2, 0.25) is 0 Å². The average Bonchev–Trinajstić information content (AvgIpc) is 2.84. The van der Waals surface area contributed by atoms with Gasteiger partial charge in [-0.25, -0.2) is 8.42 Å². The molecule has 1 heterocycles. The second kappa shape index (κ2) is 4.14. The Bertz CT molecular complexity index is 665. The largest absolute Gasteiger partial charge is 0.266 e. The molecule has 0 bridgehead atoms. The summed E-state index contributed by atoms with van der Waals surface area (Å²) in [7, 11) is -3.44. The van der Waals surface area contributed by atoms with E-state index in [1.165, 1.54) is 4.31 Å². The van der Waals surface area contributed by atoms with E-state index in [1.54, 1.807) is 30.3 Å². The number of hydrogen-bond acceptors (Lipinski definition) is 2. The molecule has 0 aromatic heterocycles. The van der Waals surface area contributed by atoms with E-state index in [-0.39, 0.29) is 0 Å². The van der Waals surface area contributed by atoms with Crippen LogP contribution in [0, 0.1) is 6.07 Å². The van der Waals surface area contributed by atoms with Gasteiger partial charge in [0.15, 0.2) is 0 Å². The van der Waals surface area contributed by atoms with Gasteiger partial charge in [-0.15, -0.1) is 0 Å². The highest BCUT2D eigenvalue weighted by molar-refractivity contribution is 7.92. The van der Waals surface area contributed by atoms with Gasteiger partial charge in [-0.3, -0.25) is 4.31 Å². The minimum absolute atomic E-state index is 0.335. The summed E-state index contributed by atoms with van der Waals surface area (Å²) >= 11 is 0. The number of hydrogen-bond donors (Lipinski definition) is 0. The highest BCUT2D eigenvalue weighted by atomic mass is 32.2. The van der Waals surface area contributed by atoms with Crippen LogP contribution in [-0.2, 0) is 16.4 Å². The van der Waals surface area contributed by atoms with Gasteiger partial charge < -0.3 is 0 Å². The molecule has 0 N–H and O–H groups in total. The van der Waals surface area contributed by atoms with Crippen molar-refractivity contribution in [1.82, 2.24) is 0 Å². The summed E-state index contributed by atoms with van der Waals surface area (Å²) in [4.78, 5) is 0.335. The van der Waals surface area contributed by atoms with E-state index in [1.807, 2.05) is 18.2 Å². The molecule has 1 radical (unpaired) electrons. The quantitative estimate of drug-likeness (QED) is 0.828. The minimum Gasteiger partial charge on any atom is -0.266 e. The highest BCUT2D eigenvalue weighted by Crippen LogP contribution is 2.32. The fourth-order valence-electron chi connectivity index (χ4n) is 2.21. The molecule has 91 valence electrons. The number of nitrogens with zero attached hydrogens (tertiary/aromatic N) is 1. The molecule has 0 amide bonds. The predicted octanol–water partition coefficient (Wildman–Crippen LogP) is 2.24. The van der Waals surface area contributed by atoms with Gasteiger partial charge in [-0.2, -0.15) is 0 Å². The normalized spacial score (nSPS) is 14.6. The third kappa shape index (κ3) is 1.69. The lowest BCUT2D eigenvalue weighted by atomic mass is 10.2. The number of fused-ring (bicyclic) bond motifs is 1. The van der Waals surface area contributed by atoms with Crippen molar-refractivity contribution in [1.29, 1.82) is 0 Å². The standard InChI is InChI=1S/C14H12NO2S/c16-18(17,13-7-2-1-3-8-13)15-11-10-12-6-4-5-9-14(12)15/h1-4,6-9H,10-11H2. The summed E-state index contributed by atoms with van der Waals surface area (Å²) in [6, 6.07) is 17.0.